The summed E-state index contributed by atoms with van der Waals surface area (Å²) in [5, 5.41) is 5.26. The third-order valence-corrected chi connectivity index (χ3v) is 4.56. The highest BCUT2D eigenvalue weighted by atomic mass is 32.2. The highest BCUT2D eigenvalue weighted by Crippen LogP contribution is 2.32. The van der Waals surface area contributed by atoms with Gasteiger partial charge in [0.15, 0.2) is 0 Å². The number of anilines is 1. The molecule has 1 saturated heterocycles. The summed E-state index contributed by atoms with van der Waals surface area (Å²) < 4.78 is 23.2. The van der Waals surface area contributed by atoms with Crippen LogP contribution < -0.4 is 15.8 Å². The Morgan fingerprint density at radius 1 is 1.39 bits per heavy atom. The van der Waals surface area contributed by atoms with Crippen LogP contribution in [0.4, 0.5) is 5.69 Å². The highest BCUT2D eigenvalue weighted by Gasteiger charge is 2.32. The van der Waals surface area contributed by atoms with E-state index in [9.17, 15) is 8.42 Å². The molecule has 0 aliphatic carbocycles. The number of rotatable bonds is 3. The molecule has 2 unspecified atom stereocenters. The zero-order valence-electron chi connectivity index (χ0n) is 10.4. The van der Waals surface area contributed by atoms with Crippen molar-refractivity contribution >= 4 is 15.7 Å². The Labute approximate surface area is 108 Å². The van der Waals surface area contributed by atoms with Crippen LogP contribution in [0.3, 0.4) is 0 Å². The zero-order valence-corrected chi connectivity index (χ0v) is 11.2. The molecule has 0 bridgehead atoms. The number of para-hydroxylation sites is 1. The molecule has 0 amide bonds. The average Bonchev–Trinajstić information content (AvgIpc) is 2.69. The summed E-state index contributed by atoms with van der Waals surface area (Å²) in [4.78, 5) is 2.24. The molecule has 1 aliphatic rings. The standard InChI is InChI=1S/C12H19N3O2S/c1-9-6-7-15(11(9)8-13)10-4-2-3-5-12(10)18(14,16)17/h2-5,9,11H,6-8,13H2,1H3,(H2,14,16,17). The van der Waals surface area contributed by atoms with Gasteiger partial charge in [-0.1, -0.05) is 19.1 Å². The van der Waals surface area contributed by atoms with Gasteiger partial charge in [0.05, 0.1) is 5.69 Å². The van der Waals surface area contributed by atoms with Crippen molar-refractivity contribution in [1.82, 2.24) is 0 Å². The molecule has 1 fully saturated rings. The van der Waals surface area contributed by atoms with Crippen LogP contribution in [0.5, 0.6) is 0 Å². The number of nitrogens with zero attached hydrogens (tertiary/aromatic N) is 1. The SMILES string of the molecule is CC1CCN(c2ccccc2S(N)(=O)=O)C1CN. The molecule has 0 saturated carbocycles. The Kier molecular flexibility index (Phi) is 3.61. The Morgan fingerprint density at radius 2 is 2.06 bits per heavy atom. The molecule has 1 aromatic rings. The second kappa shape index (κ2) is 4.87. The fourth-order valence-electron chi connectivity index (χ4n) is 2.60. The number of hydrogen-bond acceptors (Lipinski definition) is 4. The van der Waals surface area contributed by atoms with Gasteiger partial charge in [-0.15, -0.1) is 0 Å². The Balaban J connectivity index is 2.46. The van der Waals surface area contributed by atoms with Crippen molar-refractivity contribution < 1.29 is 8.42 Å². The topological polar surface area (TPSA) is 89.4 Å². The number of nitrogens with two attached hydrogens (primary N) is 2. The molecular weight excluding hydrogens is 250 g/mol. The molecule has 2 rings (SSSR count). The van der Waals surface area contributed by atoms with Gasteiger partial charge in [0.25, 0.3) is 0 Å². The van der Waals surface area contributed by atoms with E-state index in [1.165, 1.54) is 0 Å². The summed E-state index contributed by atoms with van der Waals surface area (Å²) in [6, 6.07) is 7.01. The van der Waals surface area contributed by atoms with E-state index in [0.29, 0.717) is 18.2 Å². The molecule has 0 aromatic heterocycles. The summed E-state index contributed by atoms with van der Waals surface area (Å²) in [7, 11) is -3.70. The van der Waals surface area contributed by atoms with Crippen molar-refractivity contribution in [2.24, 2.45) is 16.8 Å². The van der Waals surface area contributed by atoms with Crippen molar-refractivity contribution in [2.45, 2.75) is 24.3 Å². The molecule has 18 heavy (non-hydrogen) atoms. The van der Waals surface area contributed by atoms with Crippen LogP contribution in [-0.4, -0.2) is 27.5 Å². The van der Waals surface area contributed by atoms with Crippen LogP contribution >= 0.6 is 0 Å². The molecule has 1 heterocycles. The lowest BCUT2D eigenvalue weighted by molar-refractivity contribution is 0.517. The van der Waals surface area contributed by atoms with Gasteiger partial charge >= 0.3 is 0 Å². The van der Waals surface area contributed by atoms with Crippen molar-refractivity contribution in [3.8, 4) is 0 Å². The Hall–Kier alpha value is -1.11. The van der Waals surface area contributed by atoms with Crippen LogP contribution in [0.15, 0.2) is 29.2 Å². The number of benzene rings is 1. The summed E-state index contributed by atoms with van der Waals surface area (Å²) in [6.45, 7) is 3.47. The van der Waals surface area contributed by atoms with E-state index in [1.807, 2.05) is 6.07 Å². The lowest BCUT2D eigenvalue weighted by Crippen LogP contribution is -2.39. The molecule has 2 atom stereocenters. The first-order chi connectivity index (χ1) is 8.45. The lowest BCUT2D eigenvalue weighted by Gasteiger charge is -2.29. The highest BCUT2D eigenvalue weighted by molar-refractivity contribution is 7.89. The Bertz CT molecular complexity index is 530. The van der Waals surface area contributed by atoms with E-state index in [1.54, 1.807) is 18.2 Å². The smallest absolute Gasteiger partial charge is 0.240 e. The van der Waals surface area contributed by atoms with E-state index >= 15 is 0 Å². The maximum absolute atomic E-state index is 11.6. The Morgan fingerprint density at radius 3 is 2.67 bits per heavy atom. The molecule has 1 aliphatic heterocycles. The minimum atomic E-state index is -3.70. The van der Waals surface area contributed by atoms with Crippen LogP contribution in [0.25, 0.3) is 0 Å². The van der Waals surface area contributed by atoms with E-state index < -0.39 is 10.0 Å². The van der Waals surface area contributed by atoms with E-state index in [0.717, 1.165) is 13.0 Å². The molecule has 0 radical (unpaired) electrons. The lowest BCUT2D eigenvalue weighted by atomic mass is 10.0. The average molecular weight is 269 g/mol. The molecular formula is C12H19N3O2S. The van der Waals surface area contributed by atoms with Gasteiger partial charge in [-0.05, 0) is 24.5 Å². The largest absolute Gasteiger partial charge is 0.366 e. The van der Waals surface area contributed by atoms with Gasteiger partial charge < -0.3 is 10.6 Å². The van der Waals surface area contributed by atoms with Crippen molar-refractivity contribution in [1.29, 1.82) is 0 Å². The number of sulfonamides is 1. The van der Waals surface area contributed by atoms with Crippen LogP contribution in [-0.2, 0) is 10.0 Å². The minimum Gasteiger partial charge on any atom is -0.366 e. The fraction of sp³-hybridized carbons (Fsp3) is 0.500. The quantitative estimate of drug-likeness (QED) is 0.836. The second-order valence-electron chi connectivity index (χ2n) is 4.78. The summed E-state index contributed by atoms with van der Waals surface area (Å²) in [6.07, 6.45) is 1.01. The van der Waals surface area contributed by atoms with Crippen LogP contribution in [0, 0.1) is 5.92 Å². The van der Waals surface area contributed by atoms with Gasteiger partial charge in [0.1, 0.15) is 4.90 Å². The van der Waals surface area contributed by atoms with Crippen LogP contribution in [0.2, 0.25) is 0 Å². The monoisotopic (exact) mass is 269 g/mol. The zero-order chi connectivity index (χ0) is 13.3. The first-order valence-electron chi connectivity index (χ1n) is 6.03. The molecule has 6 heteroatoms. The van der Waals surface area contributed by atoms with Crippen molar-refractivity contribution in [3.05, 3.63) is 24.3 Å². The van der Waals surface area contributed by atoms with Gasteiger partial charge in [0, 0.05) is 19.1 Å². The number of primary sulfonamides is 1. The van der Waals surface area contributed by atoms with Gasteiger partial charge in [-0.2, -0.15) is 0 Å². The van der Waals surface area contributed by atoms with Gasteiger partial charge in [-0.25, -0.2) is 13.6 Å². The number of hydrogen-bond donors (Lipinski definition) is 2. The van der Waals surface area contributed by atoms with E-state index in [4.69, 9.17) is 10.9 Å². The summed E-state index contributed by atoms with van der Waals surface area (Å²) in [5.74, 6) is 0.462. The van der Waals surface area contributed by atoms with Crippen molar-refractivity contribution in [2.75, 3.05) is 18.0 Å². The predicted molar refractivity (Wildman–Crippen MR) is 71.8 cm³/mol. The second-order valence-corrected chi connectivity index (χ2v) is 6.30. The third-order valence-electron chi connectivity index (χ3n) is 3.61. The first-order valence-corrected chi connectivity index (χ1v) is 7.58. The normalized spacial score (nSPS) is 24.5. The molecule has 100 valence electrons. The van der Waals surface area contributed by atoms with Crippen molar-refractivity contribution in [3.63, 3.8) is 0 Å². The van der Waals surface area contributed by atoms with Crippen LogP contribution in [0.1, 0.15) is 13.3 Å². The van der Waals surface area contributed by atoms with Gasteiger partial charge in [0.2, 0.25) is 10.0 Å². The molecule has 5 nitrogen and oxygen atoms in total. The minimum absolute atomic E-state index is 0.174. The molecule has 0 spiro atoms. The maximum Gasteiger partial charge on any atom is 0.240 e. The first kappa shape index (κ1) is 13.3. The maximum atomic E-state index is 11.6. The van der Waals surface area contributed by atoms with E-state index in [-0.39, 0.29) is 10.9 Å². The van der Waals surface area contributed by atoms with E-state index in [2.05, 4.69) is 11.8 Å². The molecule has 4 N–H and O–H groups in total. The summed E-state index contributed by atoms with van der Waals surface area (Å²) >= 11 is 0. The fourth-order valence-corrected chi connectivity index (χ4v) is 3.35. The summed E-state index contributed by atoms with van der Waals surface area (Å²) in [5.41, 5.74) is 6.46. The van der Waals surface area contributed by atoms with Gasteiger partial charge in [-0.3, -0.25) is 0 Å². The third kappa shape index (κ3) is 2.36. The predicted octanol–water partition coefficient (Wildman–Crippen LogP) is 0.508. The molecule has 1 aromatic carbocycles.